The molecular weight excluding hydrogens is 280 g/mol. The van der Waals surface area contributed by atoms with Gasteiger partial charge in [0.1, 0.15) is 11.5 Å². The van der Waals surface area contributed by atoms with Gasteiger partial charge in [0, 0.05) is 6.42 Å². The van der Waals surface area contributed by atoms with Crippen LogP contribution in [-0.2, 0) is 17.3 Å². The van der Waals surface area contributed by atoms with Crippen LogP contribution < -0.4 is 0 Å². The molecular formula is C22H30O. The molecule has 23 heavy (non-hydrogen) atoms. The lowest BCUT2D eigenvalue weighted by atomic mass is 9.61. The molecule has 1 aromatic carbocycles. The number of hydrogen-bond donors (Lipinski definition) is 0. The highest BCUT2D eigenvalue weighted by atomic mass is 16.3. The highest BCUT2D eigenvalue weighted by molar-refractivity contribution is 5.48. The largest absolute Gasteiger partial charge is 0.466 e. The summed E-state index contributed by atoms with van der Waals surface area (Å²) in [5, 5.41) is 0. The smallest absolute Gasteiger partial charge is 0.108 e. The van der Waals surface area contributed by atoms with Crippen molar-refractivity contribution >= 4 is 0 Å². The van der Waals surface area contributed by atoms with Gasteiger partial charge in [-0.1, -0.05) is 39.8 Å². The highest BCUT2D eigenvalue weighted by Gasteiger charge is 2.39. The molecule has 0 amide bonds. The Bertz CT molecular complexity index is 720. The van der Waals surface area contributed by atoms with E-state index in [0.29, 0.717) is 5.41 Å². The topological polar surface area (TPSA) is 13.1 Å². The van der Waals surface area contributed by atoms with E-state index in [-0.39, 0.29) is 5.41 Å². The first-order valence-electron chi connectivity index (χ1n) is 8.95. The summed E-state index contributed by atoms with van der Waals surface area (Å²) in [7, 11) is 0. The first kappa shape index (κ1) is 16.4. The molecule has 0 spiro atoms. The fourth-order valence-electron chi connectivity index (χ4n) is 4.00. The summed E-state index contributed by atoms with van der Waals surface area (Å²) in [5.41, 5.74) is 6.54. The van der Waals surface area contributed by atoms with Gasteiger partial charge < -0.3 is 4.42 Å². The molecule has 1 nitrogen and oxygen atoms in total. The van der Waals surface area contributed by atoms with Gasteiger partial charge in [-0.05, 0) is 78.3 Å². The van der Waals surface area contributed by atoms with E-state index in [2.05, 4.69) is 58.9 Å². The Kier molecular flexibility index (Phi) is 3.94. The maximum Gasteiger partial charge on any atom is 0.108 e. The molecule has 124 valence electrons. The molecule has 1 aromatic heterocycles. The lowest BCUT2D eigenvalue weighted by Crippen LogP contribution is -2.35. The van der Waals surface area contributed by atoms with Gasteiger partial charge in [0.2, 0.25) is 0 Å². The highest BCUT2D eigenvalue weighted by Crippen LogP contribution is 2.48. The molecule has 0 saturated carbocycles. The molecule has 0 saturated heterocycles. The monoisotopic (exact) mass is 310 g/mol. The summed E-state index contributed by atoms with van der Waals surface area (Å²) < 4.78 is 5.81. The number of aryl methyl sites for hydroxylation is 2. The van der Waals surface area contributed by atoms with Gasteiger partial charge in [-0.2, -0.15) is 0 Å². The molecule has 3 rings (SSSR count). The molecule has 1 aliphatic carbocycles. The van der Waals surface area contributed by atoms with Crippen LogP contribution in [0.1, 0.15) is 80.7 Å². The van der Waals surface area contributed by atoms with E-state index >= 15 is 0 Å². The van der Waals surface area contributed by atoms with Crippen molar-refractivity contribution in [1.82, 2.24) is 0 Å². The minimum Gasteiger partial charge on any atom is -0.466 e. The predicted molar refractivity (Wildman–Crippen MR) is 97.3 cm³/mol. The van der Waals surface area contributed by atoms with E-state index in [1.54, 1.807) is 11.1 Å². The minimum atomic E-state index is 0.286. The fourth-order valence-corrected chi connectivity index (χ4v) is 4.00. The normalized spacial score (nSPS) is 22.9. The second kappa shape index (κ2) is 5.54. The van der Waals surface area contributed by atoms with Crippen LogP contribution >= 0.6 is 0 Å². The van der Waals surface area contributed by atoms with Crippen LogP contribution in [0.3, 0.4) is 0 Å². The third-order valence-corrected chi connectivity index (χ3v) is 6.10. The van der Waals surface area contributed by atoms with E-state index in [4.69, 9.17) is 4.42 Å². The zero-order valence-corrected chi connectivity index (χ0v) is 15.5. The van der Waals surface area contributed by atoms with Crippen molar-refractivity contribution in [3.8, 4) is 0 Å². The maximum atomic E-state index is 5.81. The Morgan fingerprint density at radius 1 is 1.00 bits per heavy atom. The van der Waals surface area contributed by atoms with Crippen molar-refractivity contribution in [2.45, 2.75) is 78.1 Å². The van der Waals surface area contributed by atoms with Crippen molar-refractivity contribution < 1.29 is 4.42 Å². The van der Waals surface area contributed by atoms with E-state index < -0.39 is 0 Å². The van der Waals surface area contributed by atoms with Gasteiger partial charge in [0.25, 0.3) is 0 Å². The number of benzene rings is 1. The Morgan fingerprint density at radius 2 is 1.74 bits per heavy atom. The third-order valence-electron chi connectivity index (χ3n) is 6.10. The molecule has 0 bridgehead atoms. The molecule has 0 radical (unpaired) electrons. The quantitative estimate of drug-likeness (QED) is 0.655. The molecule has 1 atom stereocenters. The van der Waals surface area contributed by atoms with Crippen molar-refractivity contribution in [2.24, 2.45) is 0 Å². The SMILES string of the molecule is CCC1(C)CCC(C)(C)c2cc(C)c(Cc3ccc(C)o3)cc21. The van der Waals surface area contributed by atoms with Crippen LogP contribution in [-0.4, -0.2) is 0 Å². The Labute approximate surface area is 141 Å². The Balaban J connectivity index is 2.09. The summed E-state index contributed by atoms with van der Waals surface area (Å²) in [4.78, 5) is 0. The molecule has 1 unspecified atom stereocenters. The van der Waals surface area contributed by atoms with Crippen molar-refractivity contribution in [1.29, 1.82) is 0 Å². The van der Waals surface area contributed by atoms with Crippen LogP contribution in [0.5, 0.6) is 0 Å². The zero-order chi connectivity index (χ0) is 16.8. The van der Waals surface area contributed by atoms with Gasteiger partial charge >= 0.3 is 0 Å². The lowest BCUT2D eigenvalue weighted by Gasteiger charge is -2.44. The molecule has 0 aliphatic heterocycles. The van der Waals surface area contributed by atoms with Crippen molar-refractivity contribution in [2.75, 3.05) is 0 Å². The second-order valence-electron chi connectivity index (χ2n) is 8.31. The van der Waals surface area contributed by atoms with E-state index in [0.717, 1.165) is 17.9 Å². The summed E-state index contributed by atoms with van der Waals surface area (Å²) >= 11 is 0. The van der Waals surface area contributed by atoms with Crippen LogP contribution in [0.2, 0.25) is 0 Å². The molecule has 0 fully saturated rings. The fraction of sp³-hybridized carbons (Fsp3) is 0.545. The van der Waals surface area contributed by atoms with Crippen LogP contribution in [0.15, 0.2) is 28.7 Å². The standard InChI is InChI=1S/C22H30O/c1-7-22(6)11-10-21(4,5)19-12-15(2)17(14-20(19)22)13-18-9-8-16(3)23-18/h8-9,12,14H,7,10-11,13H2,1-6H3. The second-order valence-corrected chi connectivity index (χ2v) is 8.31. The van der Waals surface area contributed by atoms with Gasteiger partial charge in [0.15, 0.2) is 0 Å². The van der Waals surface area contributed by atoms with Gasteiger partial charge in [-0.3, -0.25) is 0 Å². The van der Waals surface area contributed by atoms with Gasteiger partial charge in [0.05, 0.1) is 0 Å². The van der Waals surface area contributed by atoms with E-state index in [1.807, 2.05) is 6.92 Å². The number of rotatable bonds is 3. The molecule has 1 aliphatic rings. The third kappa shape index (κ3) is 2.86. The lowest BCUT2D eigenvalue weighted by molar-refractivity contribution is 0.304. The number of fused-ring (bicyclic) bond motifs is 1. The van der Waals surface area contributed by atoms with E-state index in [1.165, 1.54) is 30.4 Å². The molecule has 1 heterocycles. The molecule has 1 heteroatoms. The summed E-state index contributed by atoms with van der Waals surface area (Å²) in [6.45, 7) is 13.8. The number of hydrogen-bond acceptors (Lipinski definition) is 1. The summed E-state index contributed by atoms with van der Waals surface area (Å²) in [6, 6.07) is 9.10. The molecule has 2 aromatic rings. The van der Waals surface area contributed by atoms with Gasteiger partial charge in [-0.25, -0.2) is 0 Å². The van der Waals surface area contributed by atoms with E-state index in [9.17, 15) is 0 Å². The predicted octanol–water partition coefficient (Wildman–Crippen LogP) is 6.23. The Morgan fingerprint density at radius 3 is 2.35 bits per heavy atom. The minimum absolute atomic E-state index is 0.286. The average molecular weight is 310 g/mol. The summed E-state index contributed by atoms with van der Waals surface area (Å²) in [6.07, 6.45) is 4.66. The maximum absolute atomic E-state index is 5.81. The van der Waals surface area contributed by atoms with Crippen LogP contribution in [0, 0.1) is 13.8 Å². The molecule has 0 N–H and O–H groups in total. The number of furan rings is 1. The van der Waals surface area contributed by atoms with Gasteiger partial charge in [-0.15, -0.1) is 0 Å². The van der Waals surface area contributed by atoms with Crippen molar-refractivity contribution in [3.05, 3.63) is 58.0 Å². The first-order valence-corrected chi connectivity index (χ1v) is 8.95. The summed E-state index contributed by atoms with van der Waals surface area (Å²) in [5.74, 6) is 2.06. The average Bonchev–Trinajstić information content (AvgIpc) is 2.90. The Hall–Kier alpha value is -1.50. The van der Waals surface area contributed by atoms with Crippen LogP contribution in [0.4, 0.5) is 0 Å². The van der Waals surface area contributed by atoms with Crippen molar-refractivity contribution in [3.63, 3.8) is 0 Å². The first-order chi connectivity index (χ1) is 10.7. The zero-order valence-electron chi connectivity index (χ0n) is 15.5. The van der Waals surface area contributed by atoms with Crippen LogP contribution in [0.25, 0.3) is 0 Å².